The van der Waals surface area contributed by atoms with Crippen LogP contribution < -0.4 is 5.32 Å². The lowest BCUT2D eigenvalue weighted by molar-refractivity contribution is 0.102. The number of carbonyl (C=O) groups excluding carboxylic acids is 1. The van der Waals surface area contributed by atoms with Crippen LogP contribution in [0.4, 0.5) is 5.13 Å². The third-order valence-electron chi connectivity index (χ3n) is 3.88. The maximum absolute atomic E-state index is 12.7. The Kier molecular flexibility index (Phi) is 4.18. The van der Waals surface area contributed by atoms with Crippen molar-refractivity contribution in [3.8, 4) is 0 Å². The number of hydrogen-bond acceptors (Lipinski definition) is 7. The second kappa shape index (κ2) is 6.64. The Morgan fingerprint density at radius 1 is 1.19 bits per heavy atom. The van der Waals surface area contributed by atoms with Crippen LogP contribution in [-0.4, -0.2) is 26.2 Å². The molecule has 4 rings (SSSR count). The minimum absolute atomic E-state index is 0.283. The Morgan fingerprint density at radius 3 is 2.81 bits per heavy atom. The molecule has 0 aliphatic heterocycles. The largest absolute Gasteiger partial charge is 0.336 e. The number of aryl methyl sites for hydroxylation is 2. The van der Waals surface area contributed by atoms with Crippen LogP contribution in [0, 0.1) is 13.8 Å². The van der Waals surface area contributed by atoms with Gasteiger partial charge in [0.1, 0.15) is 5.01 Å². The summed E-state index contributed by atoms with van der Waals surface area (Å²) in [6.07, 6.45) is 0.678. The Bertz CT molecular complexity index is 1090. The van der Waals surface area contributed by atoms with E-state index in [2.05, 4.69) is 25.7 Å². The quantitative estimate of drug-likeness (QED) is 0.594. The number of nitrogens with one attached hydrogen (secondary N) is 1. The summed E-state index contributed by atoms with van der Waals surface area (Å²) < 4.78 is 5.17. The molecule has 1 amide bonds. The highest BCUT2D eigenvalue weighted by molar-refractivity contribution is 7.15. The average Bonchev–Trinajstić information content (AvgIpc) is 3.22. The van der Waals surface area contributed by atoms with Crippen LogP contribution in [-0.2, 0) is 6.42 Å². The number of benzene rings is 1. The summed E-state index contributed by atoms with van der Waals surface area (Å²) in [5.74, 6) is -0.283. The zero-order valence-corrected chi connectivity index (χ0v) is 15.0. The number of nitrogens with zero attached hydrogens (tertiary/aromatic N) is 4. The van der Waals surface area contributed by atoms with Crippen LogP contribution in [0.3, 0.4) is 0 Å². The first kappa shape index (κ1) is 16.3. The van der Waals surface area contributed by atoms with Crippen molar-refractivity contribution < 1.29 is 9.32 Å². The topological polar surface area (TPSA) is 93.8 Å². The molecule has 0 saturated carbocycles. The Balaban J connectivity index is 1.57. The van der Waals surface area contributed by atoms with Gasteiger partial charge in [0.2, 0.25) is 5.13 Å². The summed E-state index contributed by atoms with van der Waals surface area (Å²) in [6, 6.07) is 11.7. The van der Waals surface area contributed by atoms with Gasteiger partial charge in [-0.3, -0.25) is 10.1 Å². The van der Waals surface area contributed by atoms with Gasteiger partial charge in [-0.2, -0.15) is 0 Å². The Morgan fingerprint density at radius 2 is 2.00 bits per heavy atom. The monoisotopic (exact) mass is 365 g/mol. The number of fused-ring (bicyclic) bond motifs is 1. The summed E-state index contributed by atoms with van der Waals surface area (Å²) in [4.78, 5) is 17.0. The second-order valence-corrected chi connectivity index (χ2v) is 6.94. The molecule has 0 aliphatic rings. The first-order valence-corrected chi connectivity index (χ1v) is 8.83. The predicted octanol–water partition coefficient (Wildman–Crippen LogP) is 3.53. The first-order chi connectivity index (χ1) is 12.6. The molecule has 1 N–H and O–H groups in total. The third-order valence-corrected chi connectivity index (χ3v) is 4.71. The number of hydrogen-bond donors (Lipinski definition) is 1. The Hall–Kier alpha value is -3.13. The molecule has 8 heteroatoms. The molecule has 0 bridgehead atoms. The van der Waals surface area contributed by atoms with Crippen LogP contribution >= 0.6 is 11.3 Å². The van der Waals surface area contributed by atoms with E-state index in [0.717, 1.165) is 10.6 Å². The molecule has 0 radical (unpaired) electrons. The van der Waals surface area contributed by atoms with E-state index in [1.807, 2.05) is 30.3 Å². The molecule has 130 valence electrons. The minimum Gasteiger partial charge on any atom is -0.336 e. The summed E-state index contributed by atoms with van der Waals surface area (Å²) in [6.45, 7) is 3.58. The van der Waals surface area contributed by atoms with Crippen molar-refractivity contribution in [3.63, 3.8) is 0 Å². The van der Waals surface area contributed by atoms with Gasteiger partial charge in [0.15, 0.2) is 0 Å². The molecular weight excluding hydrogens is 350 g/mol. The standard InChI is InChI=1S/C18H15N5O2S/c1-10-8-13(15-11(2)23-25-17(15)19-10)16(24)20-18-22-21-14(26-18)9-12-6-4-3-5-7-12/h3-8H,9H2,1-2H3,(H,20,22,24). The SMILES string of the molecule is Cc1cc(C(=O)Nc2nnc(Cc3ccccc3)s2)c2c(C)noc2n1. The lowest BCUT2D eigenvalue weighted by atomic mass is 10.1. The normalized spacial score (nSPS) is 11.0. The van der Waals surface area contributed by atoms with E-state index in [-0.39, 0.29) is 5.91 Å². The van der Waals surface area contributed by atoms with Gasteiger partial charge in [0.25, 0.3) is 11.6 Å². The molecule has 0 atom stereocenters. The average molecular weight is 365 g/mol. The Labute approximate surface area is 153 Å². The molecule has 0 unspecified atom stereocenters. The highest BCUT2D eigenvalue weighted by atomic mass is 32.1. The van der Waals surface area contributed by atoms with Crippen molar-refractivity contribution in [1.82, 2.24) is 20.3 Å². The molecule has 0 aliphatic carbocycles. The number of rotatable bonds is 4. The molecule has 1 aromatic carbocycles. The van der Waals surface area contributed by atoms with Crippen LogP contribution in [0.5, 0.6) is 0 Å². The van der Waals surface area contributed by atoms with Crippen molar-refractivity contribution >= 4 is 33.5 Å². The molecule has 3 aromatic heterocycles. The van der Waals surface area contributed by atoms with Crippen LogP contribution in [0.2, 0.25) is 0 Å². The van der Waals surface area contributed by atoms with Gasteiger partial charge in [-0.15, -0.1) is 10.2 Å². The van der Waals surface area contributed by atoms with Crippen molar-refractivity contribution in [2.45, 2.75) is 20.3 Å². The van der Waals surface area contributed by atoms with E-state index in [4.69, 9.17) is 4.52 Å². The van der Waals surface area contributed by atoms with E-state index < -0.39 is 0 Å². The maximum Gasteiger partial charge on any atom is 0.258 e. The lowest BCUT2D eigenvalue weighted by Crippen LogP contribution is -2.13. The molecule has 0 spiro atoms. The first-order valence-electron chi connectivity index (χ1n) is 8.01. The van der Waals surface area contributed by atoms with E-state index in [1.165, 1.54) is 11.3 Å². The number of amides is 1. The minimum atomic E-state index is -0.283. The number of carbonyl (C=O) groups is 1. The second-order valence-electron chi connectivity index (χ2n) is 5.88. The van der Waals surface area contributed by atoms with Crippen molar-refractivity contribution in [3.05, 3.63) is 63.9 Å². The number of aromatic nitrogens is 4. The highest BCUT2D eigenvalue weighted by Crippen LogP contribution is 2.24. The number of pyridine rings is 1. The van der Waals surface area contributed by atoms with Gasteiger partial charge in [0, 0.05) is 12.1 Å². The molecule has 26 heavy (non-hydrogen) atoms. The third kappa shape index (κ3) is 3.18. The predicted molar refractivity (Wildman–Crippen MR) is 98.4 cm³/mol. The molecular formula is C18H15N5O2S. The van der Waals surface area contributed by atoms with Gasteiger partial charge < -0.3 is 4.52 Å². The van der Waals surface area contributed by atoms with Crippen molar-refractivity contribution in [2.75, 3.05) is 5.32 Å². The lowest BCUT2D eigenvalue weighted by Gasteiger charge is -2.03. The smallest absolute Gasteiger partial charge is 0.258 e. The highest BCUT2D eigenvalue weighted by Gasteiger charge is 2.19. The van der Waals surface area contributed by atoms with E-state index in [1.54, 1.807) is 19.9 Å². The number of anilines is 1. The fourth-order valence-electron chi connectivity index (χ4n) is 2.71. The van der Waals surface area contributed by atoms with Crippen molar-refractivity contribution in [2.24, 2.45) is 0 Å². The van der Waals surface area contributed by atoms with E-state index >= 15 is 0 Å². The molecule has 0 fully saturated rings. The van der Waals surface area contributed by atoms with Gasteiger partial charge in [-0.25, -0.2) is 4.98 Å². The summed E-state index contributed by atoms with van der Waals surface area (Å²) in [5.41, 5.74) is 3.27. The molecule has 3 heterocycles. The molecule has 4 aromatic rings. The van der Waals surface area contributed by atoms with Crippen LogP contribution in [0.15, 0.2) is 40.9 Å². The van der Waals surface area contributed by atoms with E-state index in [0.29, 0.717) is 39.6 Å². The van der Waals surface area contributed by atoms with Crippen molar-refractivity contribution in [1.29, 1.82) is 0 Å². The maximum atomic E-state index is 12.7. The zero-order chi connectivity index (χ0) is 18.1. The van der Waals surface area contributed by atoms with Gasteiger partial charge in [-0.1, -0.05) is 46.8 Å². The fraction of sp³-hybridized carbons (Fsp3) is 0.167. The van der Waals surface area contributed by atoms with Gasteiger partial charge in [0.05, 0.1) is 16.6 Å². The molecule has 7 nitrogen and oxygen atoms in total. The molecule has 0 saturated heterocycles. The van der Waals surface area contributed by atoms with Crippen LogP contribution in [0.25, 0.3) is 11.1 Å². The van der Waals surface area contributed by atoms with Gasteiger partial charge in [-0.05, 0) is 25.5 Å². The summed E-state index contributed by atoms with van der Waals surface area (Å²) >= 11 is 1.36. The van der Waals surface area contributed by atoms with E-state index in [9.17, 15) is 4.79 Å². The zero-order valence-electron chi connectivity index (χ0n) is 14.2. The summed E-state index contributed by atoms with van der Waals surface area (Å²) in [5, 5.41) is 16.8. The summed E-state index contributed by atoms with van der Waals surface area (Å²) in [7, 11) is 0. The van der Waals surface area contributed by atoms with Gasteiger partial charge >= 0.3 is 0 Å². The van der Waals surface area contributed by atoms with Crippen LogP contribution in [0.1, 0.15) is 32.3 Å². The fourth-order valence-corrected chi connectivity index (χ4v) is 3.48.